The van der Waals surface area contributed by atoms with Crippen LogP contribution >= 0.6 is 81.4 Å². The standard InChI is InChI=1S/C17H26ClNO3S.C16H15Cl2NO2.C13H10O.C12H6Cl2FNO3.C12H14ClNO2.C3H2F4O2/c1-4-14(19-22-8-6-7-18)17-15(20)10-13(11-16(17)21)9-12(3)23-5-2;1-10-13(17)8-9-14(15(10)18)21-11(2)16(20)19-12-6-4-3-5-7-12;14-13-7-3-6-11-10-5-2-1-4-9(10)8-12(11)13;13-7-5-10(14)12(11(15)6-7)19-9-3-1-8(2-4-9)16(17)18;1-12(2)8-16-14(11(12)15)7-9-5-3-4-6-10(9)13;4-1(5)3(6,7)2(8)9/h6-7,12-13,20H,4-5,8-11H2,1-3H3;3-9,11H,1-2H3,(H,19,20);1-7,14H,8H2;1-6H;3-6H,7-8H2,1-2H3;1H,(H,8,9)/b7-6+,19-14+;;;;;. The van der Waals surface area contributed by atoms with Crippen molar-refractivity contribution in [3.63, 3.8) is 0 Å². The van der Waals surface area contributed by atoms with Gasteiger partial charge >= 0.3 is 18.3 Å². The first kappa shape index (κ1) is 84.5. The van der Waals surface area contributed by atoms with Gasteiger partial charge in [0.2, 0.25) is 0 Å². The van der Waals surface area contributed by atoms with Crippen LogP contribution in [0.5, 0.6) is 23.0 Å². The van der Waals surface area contributed by atoms with Crippen LogP contribution in [0.4, 0.5) is 33.3 Å². The minimum absolute atomic E-state index is 0.00687. The number of aromatic hydroxyl groups is 1. The summed E-state index contributed by atoms with van der Waals surface area (Å²) in [4.78, 5) is 66.1. The van der Waals surface area contributed by atoms with Gasteiger partial charge in [0.1, 0.15) is 29.6 Å². The van der Waals surface area contributed by atoms with E-state index in [4.69, 9.17) is 93.9 Å². The fourth-order valence-electron chi connectivity index (χ4n) is 9.72. The Balaban J connectivity index is 0.000000224. The summed E-state index contributed by atoms with van der Waals surface area (Å²) >= 11 is 36.9. The van der Waals surface area contributed by atoms with Crippen LogP contribution in [0.3, 0.4) is 0 Å². The maximum absolute atomic E-state index is 13.6. The Kier molecular flexibility index (Phi) is 33.7. The molecular formula is C73H73Cl6F5N4O13S. The number of Topliss-reactive ketones (excluding diaryl/α,β-unsaturated/α-hetero) is 1. The molecule has 29 heteroatoms. The molecule has 0 radical (unpaired) electrons. The zero-order chi connectivity index (χ0) is 75.6. The summed E-state index contributed by atoms with van der Waals surface area (Å²) in [5, 5.41) is 48.4. The topological polar surface area (TPSA) is 237 Å². The number of carbonyl (C=O) groups is 4. The summed E-state index contributed by atoms with van der Waals surface area (Å²) in [6.07, 6.45) is 0.124. The lowest BCUT2D eigenvalue weighted by Crippen LogP contribution is -2.35. The van der Waals surface area contributed by atoms with E-state index in [-0.39, 0.29) is 63.1 Å². The Morgan fingerprint density at radius 2 is 1.51 bits per heavy atom. The maximum atomic E-state index is 13.6. The number of ether oxygens (including phenoxy) is 2. The molecule has 0 spiro atoms. The van der Waals surface area contributed by atoms with E-state index in [2.05, 4.69) is 42.5 Å². The summed E-state index contributed by atoms with van der Waals surface area (Å²) in [6, 6.07) is 41.6. The third kappa shape index (κ3) is 25.1. The van der Waals surface area contributed by atoms with Crippen molar-refractivity contribution < 1.29 is 80.5 Å². The number of hydroxylamine groups is 2. The molecule has 3 aliphatic rings. The number of carboxylic acids is 1. The molecule has 4 N–H and O–H groups in total. The van der Waals surface area contributed by atoms with E-state index in [9.17, 15) is 61.5 Å². The molecule has 17 nitrogen and oxygen atoms in total. The number of alkyl halides is 4. The SMILES string of the molecule is CC1(C)CON(Cc2ccccc2Cl)C1=O.CCSC(C)CC1CC(=O)C(/C(CC)=N/OC/C=C/Cl)=C(O)C1.Cc1c(Cl)ccc(OC(C)C(=O)Nc2ccccc2)c1Cl.O=C(O)C(F)(F)C(F)F.O=[N+]([O-])c1ccc(Oc2c(F)cc(Cl)cc2Cl)cc1.Oc1cccc2c1Cc1ccccc1-2. The summed E-state index contributed by atoms with van der Waals surface area (Å²) in [7, 11) is 0. The highest BCUT2D eigenvalue weighted by Crippen LogP contribution is 2.41. The molecule has 7 aromatic carbocycles. The first-order valence-electron chi connectivity index (χ1n) is 31.3. The summed E-state index contributed by atoms with van der Waals surface area (Å²) in [5.41, 5.74) is 8.84. The van der Waals surface area contributed by atoms with Crippen molar-refractivity contribution in [2.45, 2.75) is 111 Å². The van der Waals surface area contributed by atoms with Gasteiger partial charge in [-0.05, 0) is 147 Å². The number of oxime groups is 1. The smallest absolute Gasteiger partial charge is 0.401 e. The van der Waals surface area contributed by atoms with E-state index in [0.717, 1.165) is 47.0 Å². The Bertz CT molecular complexity index is 4100. The maximum Gasteiger partial charge on any atom is 0.401 e. The lowest BCUT2D eigenvalue weighted by Gasteiger charge is -2.25. The van der Waals surface area contributed by atoms with Crippen molar-refractivity contribution in [1.29, 1.82) is 0 Å². The molecule has 1 fully saturated rings. The number of para-hydroxylation sites is 1. The second-order valence-corrected chi connectivity index (χ2v) is 27.2. The van der Waals surface area contributed by atoms with Crippen LogP contribution in [0.15, 0.2) is 174 Å². The van der Waals surface area contributed by atoms with Crippen LogP contribution in [0.2, 0.25) is 25.1 Å². The number of hydrogen-bond acceptors (Lipinski definition) is 14. The first-order chi connectivity index (χ1) is 48.2. The molecule has 3 atom stereocenters. The number of thioether (sulfide) groups is 1. The zero-order valence-electron chi connectivity index (χ0n) is 56.0. The lowest BCUT2D eigenvalue weighted by molar-refractivity contribution is -0.384. The largest absolute Gasteiger partial charge is 0.511 e. The molecule has 0 bridgehead atoms. The Hall–Kier alpha value is -8.13. The molecule has 1 aliphatic heterocycles. The number of carbonyl (C=O) groups excluding carboxylic acids is 3. The van der Waals surface area contributed by atoms with E-state index in [1.807, 2.05) is 105 Å². The number of rotatable bonds is 20. The van der Waals surface area contributed by atoms with Crippen molar-refractivity contribution in [1.82, 2.24) is 5.06 Å². The Morgan fingerprint density at radius 3 is 2.09 bits per heavy atom. The molecule has 1 saturated heterocycles. The second kappa shape index (κ2) is 40.6. The van der Waals surface area contributed by atoms with Crippen LogP contribution in [-0.4, -0.2) is 97.3 Å². The number of amides is 2. The second-order valence-electron chi connectivity index (χ2n) is 23.2. The van der Waals surface area contributed by atoms with Crippen LogP contribution in [-0.2, 0) is 41.8 Å². The van der Waals surface area contributed by atoms with Crippen LogP contribution in [0, 0.1) is 34.2 Å². The number of hydrogen-bond donors (Lipinski definition) is 4. The fraction of sp³-hybridized carbons (Fsp3) is 0.301. The zero-order valence-corrected chi connectivity index (χ0v) is 61.4. The number of fused-ring (bicyclic) bond motifs is 3. The van der Waals surface area contributed by atoms with E-state index >= 15 is 0 Å². The molecule has 2 amide bonds. The van der Waals surface area contributed by atoms with Gasteiger partial charge in [0.25, 0.3) is 17.5 Å². The monoisotopic (exact) mass is 1550 g/mol. The number of benzene rings is 7. The number of nitrogens with zero attached hydrogens (tertiary/aromatic N) is 3. The highest BCUT2D eigenvalue weighted by molar-refractivity contribution is 7.99. The van der Waals surface area contributed by atoms with Crippen molar-refractivity contribution in [2.24, 2.45) is 16.5 Å². The molecule has 1 heterocycles. The number of nitrogens with one attached hydrogen (secondary N) is 1. The van der Waals surface area contributed by atoms with Crippen molar-refractivity contribution in [3.8, 4) is 34.1 Å². The van der Waals surface area contributed by atoms with Crippen LogP contribution in [0.1, 0.15) is 89.5 Å². The lowest BCUT2D eigenvalue weighted by atomic mass is 9.82. The number of nitro benzene ring substituents is 1. The van der Waals surface area contributed by atoms with Crippen molar-refractivity contribution in [2.75, 3.05) is 24.3 Å². The van der Waals surface area contributed by atoms with Gasteiger partial charge in [0.05, 0.1) is 44.8 Å². The van der Waals surface area contributed by atoms with Gasteiger partial charge in [0.15, 0.2) is 23.5 Å². The number of allylic oxidation sites excluding steroid dienone is 2. The number of carboxylic acid groups (broad SMARTS) is 1. The Labute approximate surface area is 621 Å². The van der Waals surface area contributed by atoms with Gasteiger partial charge < -0.3 is 34.9 Å². The first-order valence-corrected chi connectivity index (χ1v) is 34.6. The molecule has 10 rings (SSSR count). The number of non-ortho nitro benzene ring substituents is 1. The minimum atomic E-state index is -4.92. The quantitative estimate of drug-likeness (QED) is 0.0183. The summed E-state index contributed by atoms with van der Waals surface area (Å²) in [5.74, 6) is -6.39. The average molecular weight is 1550 g/mol. The number of anilines is 1. The van der Waals surface area contributed by atoms with Crippen LogP contribution in [0.25, 0.3) is 11.1 Å². The molecular weight excluding hydrogens is 1480 g/mol. The van der Waals surface area contributed by atoms with E-state index in [1.165, 1.54) is 57.6 Å². The molecule has 2 aliphatic carbocycles. The molecule has 0 saturated carbocycles. The molecule has 7 aromatic rings. The van der Waals surface area contributed by atoms with Gasteiger partial charge in [0, 0.05) is 68.5 Å². The van der Waals surface area contributed by atoms with Gasteiger partial charge in [-0.25, -0.2) is 23.0 Å². The number of phenols is 1. The molecule has 3 unspecified atom stereocenters. The molecule has 102 heavy (non-hydrogen) atoms. The number of nitro groups is 1. The third-order valence-electron chi connectivity index (χ3n) is 15.0. The normalized spacial score (nSPS) is 14.9. The van der Waals surface area contributed by atoms with E-state index in [1.54, 1.807) is 38.1 Å². The van der Waals surface area contributed by atoms with E-state index < -0.39 is 40.6 Å². The predicted molar refractivity (Wildman–Crippen MR) is 391 cm³/mol. The van der Waals surface area contributed by atoms with Gasteiger partial charge in [-0.15, -0.1) is 0 Å². The summed E-state index contributed by atoms with van der Waals surface area (Å²) in [6.45, 7) is 14.5. The fourth-order valence-corrected chi connectivity index (χ4v) is 11.9. The highest BCUT2D eigenvalue weighted by atomic mass is 35.5. The third-order valence-corrected chi connectivity index (χ3v) is 18.0. The van der Waals surface area contributed by atoms with Crippen LogP contribution < -0.4 is 14.8 Å². The number of aliphatic hydroxyl groups excluding tert-OH is 1. The van der Waals surface area contributed by atoms with Gasteiger partial charge in [-0.2, -0.15) is 20.5 Å². The van der Waals surface area contributed by atoms with Crippen molar-refractivity contribution in [3.05, 3.63) is 232 Å². The number of phenolic OH excluding ortho intramolecular Hbond substituents is 1. The highest BCUT2D eigenvalue weighted by Gasteiger charge is 2.49. The van der Waals surface area contributed by atoms with E-state index in [0.29, 0.717) is 75.5 Å². The molecule has 0 aromatic heterocycles. The number of ketones is 1. The Morgan fingerprint density at radius 1 is 0.863 bits per heavy atom. The molecule has 546 valence electrons. The minimum Gasteiger partial charge on any atom is -0.511 e. The number of aliphatic carboxylic acids is 1. The van der Waals surface area contributed by atoms with Gasteiger partial charge in [-0.3, -0.25) is 29.3 Å². The van der Waals surface area contributed by atoms with Gasteiger partial charge in [-0.1, -0.05) is 168 Å². The average Bonchev–Trinajstić information content (AvgIpc) is 1.63. The summed E-state index contributed by atoms with van der Waals surface area (Å²) < 4.78 is 69.0. The van der Waals surface area contributed by atoms with Crippen molar-refractivity contribution >= 4 is 122 Å². The predicted octanol–water partition coefficient (Wildman–Crippen LogP) is 21.0. The number of aliphatic hydroxyl groups is 1. The number of halogens is 11.